The first-order chi connectivity index (χ1) is 9.04. The average Bonchev–Trinajstić information content (AvgIpc) is 2.83. The van der Waals surface area contributed by atoms with Crippen LogP contribution in [0.5, 0.6) is 0 Å². The van der Waals surface area contributed by atoms with Gasteiger partial charge >= 0.3 is 0 Å². The number of carbonyl (C=O) groups is 1. The van der Waals surface area contributed by atoms with Gasteiger partial charge in [0.15, 0.2) is 0 Å². The van der Waals surface area contributed by atoms with Gasteiger partial charge in [0.1, 0.15) is 5.69 Å². The van der Waals surface area contributed by atoms with Crippen LogP contribution in [-0.4, -0.2) is 35.9 Å². The van der Waals surface area contributed by atoms with Crippen LogP contribution in [0.3, 0.4) is 0 Å². The lowest BCUT2D eigenvalue weighted by Gasteiger charge is -2.17. The van der Waals surface area contributed by atoms with Crippen molar-refractivity contribution >= 4 is 17.3 Å². The number of nitrogens with one attached hydrogen (secondary N) is 1. The topological polar surface area (TPSA) is 75.5 Å². The van der Waals surface area contributed by atoms with Gasteiger partial charge in [-0.25, -0.2) is 0 Å². The molecule has 1 fully saturated rings. The summed E-state index contributed by atoms with van der Waals surface area (Å²) in [6, 6.07) is 4.57. The Morgan fingerprint density at radius 3 is 2.79 bits per heavy atom. The van der Waals surface area contributed by atoms with Gasteiger partial charge in [-0.05, 0) is 18.4 Å². The summed E-state index contributed by atoms with van der Waals surface area (Å²) in [5, 5.41) is 13.7. The number of para-hydroxylation sites is 1. The van der Waals surface area contributed by atoms with Gasteiger partial charge in [-0.15, -0.1) is 0 Å². The highest BCUT2D eigenvalue weighted by atomic mass is 16.6. The molecular formula is C13H17N3O3. The molecule has 1 heterocycles. The number of anilines is 1. The van der Waals surface area contributed by atoms with Crippen molar-refractivity contribution in [3.05, 3.63) is 33.9 Å². The van der Waals surface area contributed by atoms with Crippen LogP contribution in [0.2, 0.25) is 0 Å². The molecule has 6 nitrogen and oxygen atoms in total. The average molecular weight is 263 g/mol. The van der Waals surface area contributed by atoms with Gasteiger partial charge in [0.05, 0.1) is 10.5 Å². The van der Waals surface area contributed by atoms with E-state index in [0.717, 1.165) is 6.42 Å². The van der Waals surface area contributed by atoms with Gasteiger partial charge in [-0.3, -0.25) is 14.9 Å². The Morgan fingerprint density at radius 2 is 2.26 bits per heavy atom. The van der Waals surface area contributed by atoms with Crippen molar-refractivity contribution < 1.29 is 9.72 Å². The number of hydrogen-bond acceptors (Lipinski definition) is 4. The zero-order chi connectivity index (χ0) is 14.0. The highest BCUT2D eigenvalue weighted by Gasteiger charge is 2.28. The lowest BCUT2D eigenvalue weighted by Crippen LogP contribution is -2.29. The molecule has 1 atom stereocenters. The quantitative estimate of drug-likeness (QED) is 0.669. The summed E-state index contributed by atoms with van der Waals surface area (Å²) in [4.78, 5) is 24.7. The van der Waals surface area contributed by atoms with E-state index in [9.17, 15) is 14.9 Å². The number of nitro groups is 1. The van der Waals surface area contributed by atoms with Crippen molar-refractivity contribution in [1.29, 1.82) is 0 Å². The van der Waals surface area contributed by atoms with E-state index < -0.39 is 4.92 Å². The summed E-state index contributed by atoms with van der Waals surface area (Å²) in [7, 11) is 1.59. The summed E-state index contributed by atoms with van der Waals surface area (Å²) in [6.07, 6.45) is 0.982. The Kier molecular flexibility index (Phi) is 3.69. The number of amides is 1. The van der Waals surface area contributed by atoms with E-state index in [-0.39, 0.29) is 17.3 Å². The molecule has 1 amide bonds. The van der Waals surface area contributed by atoms with Crippen LogP contribution in [0.1, 0.15) is 23.7 Å². The third-order valence-corrected chi connectivity index (χ3v) is 3.43. The van der Waals surface area contributed by atoms with Gasteiger partial charge in [0.2, 0.25) is 0 Å². The molecule has 0 aromatic heterocycles. The molecule has 1 saturated heterocycles. The molecule has 0 radical (unpaired) electrons. The molecule has 0 aliphatic carbocycles. The summed E-state index contributed by atoms with van der Waals surface area (Å²) >= 11 is 0. The zero-order valence-electron chi connectivity index (χ0n) is 11.0. The number of nitrogens with zero attached hydrogens (tertiary/aromatic N) is 2. The molecule has 1 aromatic carbocycles. The molecule has 2 rings (SSSR count). The lowest BCUT2D eigenvalue weighted by atomic mass is 10.1. The van der Waals surface area contributed by atoms with Crippen molar-refractivity contribution in [1.82, 2.24) is 4.90 Å². The normalized spacial score (nSPS) is 18.4. The summed E-state index contributed by atoms with van der Waals surface area (Å²) in [6.45, 7) is 3.52. The van der Waals surface area contributed by atoms with Crippen LogP contribution in [0.25, 0.3) is 0 Å². The first-order valence-corrected chi connectivity index (χ1v) is 6.29. The third kappa shape index (κ3) is 2.52. The van der Waals surface area contributed by atoms with Crippen LogP contribution in [0.15, 0.2) is 18.2 Å². The van der Waals surface area contributed by atoms with Gasteiger partial charge in [0.25, 0.3) is 11.6 Å². The highest BCUT2D eigenvalue weighted by molar-refractivity contribution is 6.01. The molecule has 6 heteroatoms. The minimum Gasteiger partial charge on any atom is -0.382 e. The predicted molar refractivity (Wildman–Crippen MR) is 72.3 cm³/mol. The van der Waals surface area contributed by atoms with Crippen LogP contribution in [0, 0.1) is 16.0 Å². The molecule has 0 spiro atoms. The van der Waals surface area contributed by atoms with E-state index in [2.05, 4.69) is 12.2 Å². The van der Waals surface area contributed by atoms with E-state index in [1.807, 2.05) is 0 Å². The van der Waals surface area contributed by atoms with Crippen molar-refractivity contribution in [3.8, 4) is 0 Å². The number of rotatable bonds is 3. The fourth-order valence-corrected chi connectivity index (χ4v) is 2.42. The molecule has 102 valence electrons. The Morgan fingerprint density at radius 1 is 1.53 bits per heavy atom. The molecule has 1 unspecified atom stereocenters. The maximum absolute atomic E-state index is 12.4. The largest absolute Gasteiger partial charge is 0.382 e. The molecule has 19 heavy (non-hydrogen) atoms. The Balaban J connectivity index is 2.36. The molecule has 0 saturated carbocycles. The van der Waals surface area contributed by atoms with Crippen molar-refractivity contribution in [2.24, 2.45) is 5.92 Å². The number of likely N-dealkylation sites (tertiary alicyclic amines) is 1. The standard InChI is InChI=1S/C13H17N3O3/c1-9-6-7-15(8-9)13(17)10-4-3-5-11(16(18)19)12(10)14-2/h3-5,9,14H,6-8H2,1-2H3. The smallest absolute Gasteiger partial charge is 0.293 e. The Bertz CT molecular complexity index is 516. The fraction of sp³-hybridized carbons (Fsp3) is 0.462. The van der Waals surface area contributed by atoms with Gasteiger partial charge in [-0.1, -0.05) is 13.0 Å². The van der Waals surface area contributed by atoms with E-state index in [0.29, 0.717) is 24.6 Å². The third-order valence-electron chi connectivity index (χ3n) is 3.43. The van der Waals surface area contributed by atoms with E-state index in [4.69, 9.17) is 0 Å². The lowest BCUT2D eigenvalue weighted by molar-refractivity contribution is -0.384. The maximum atomic E-state index is 12.4. The minimum absolute atomic E-state index is 0.0689. The Hall–Kier alpha value is -2.11. The fourth-order valence-electron chi connectivity index (χ4n) is 2.42. The molecule has 0 bridgehead atoms. The van der Waals surface area contributed by atoms with Crippen LogP contribution in [0.4, 0.5) is 11.4 Å². The monoisotopic (exact) mass is 263 g/mol. The number of benzene rings is 1. The Labute approximate surface area is 111 Å². The van der Waals surface area contributed by atoms with Crippen LogP contribution < -0.4 is 5.32 Å². The van der Waals surface area contributed by atoms with Crippen molar-refractivity contribution in [2.45, 2.75) is 13.3 Å². The molecule has 1 aliphatic rings. The van der Waals surface area contributed by atoms with E-state index in [1.165, 1.54) is 6.07 Å². The maximum Gasteiger partial charge on any atom is 0.293 e. The van der Waals surface area contributed by atoms with E-state index >= 15 is 0 Å². The second-order valence-corrected chi connectivity index (χ2v) is 4.85. The SMILES string of the molecule is CNc1c(C(=O)N2CCC(C)C2)cccc1[N+](=O)[O-]. The number of carbonyl (C=O) groups excluding carboxylic acids is 1. The first kappa shape index (κ1) is 13.3. The summed E-state index contributed by atoms with van der Waals surface area (Å²) < 4.78 is 0. The minimum atomic E-state index is -0.477. The summed E-state index contributed by atoms with van der Waals surface area (Å²) in [5.41, 5.74) is 0.587. The second-order valence-electron chi connectivity index (χ2n) is 4.85. The van der Waals surface area contributed by atoms with Crippen LogP contribution >= 0.6 is 0 Å². The summed E-state index contributed by atoms with van der Waals surface area (Å²) in [5.74, 6) is 0.345. The van der Waals surface area contributed by atoms with Gasteiger partial charge in [0, 0.05) is 26.2 Å². The van der Waals surface area contributed by atoms with Crippen LogP contribution in [-0.2, 0) is 0 Å². The molecule has 1 aromatic rings. The van der Waals surface area contributed by atoms with E-state index in [1.54, 1.807) is 24.1 Å². The predicted octanol–water partition coefficient (Wildman–Crippen LogP) is 2.12. The number of nitro benzene ring substituents is 1. The molecule has 1 aliphatic heterocycles. The van der Waals surface area contributed by atoms with Crippen molar-refractivity contribution in [3.63, 3.8) is 0 Å². The first-order valence-electron chi connectivity index (χ1n) is 6.29. The van der Waals surface area contributed by atoms with Crippen molar-refractivity contribution in [2.75, 3.05) is 25.5 Å². The zero-order valence-corrected chi connectivity index (χ0v) is 11.0. The van der Waals surface area contributed by atoms with Gasteiger partial charge < -0.3 is 10.2 Å². The molecule has 1 N–H and O–H groups in total. The number of hydrogen-bond donors (Lipinski definition) is 1. The second kappa shape index (κ2) is 5.26. The highest BCUT2D eigenvalue weighted by Crippen LogP contribution is 2.30. The molecular weight excluding hydrogens is 246 g/mol. The van der Waals surface area contributed by atoms with Gasteiger partial charge in [-0.2, -0.15) is 0 Å².